The van der Waals surface area contributed by atoms with Gasteiger partial charge in [-0.15, -0.1) is 0 Å². The number of hydrazone groups is 1. The fraction of sp³-hybridized carbons (Fsp3) is 0.227. The molecule has 0 aliphatic heterocycles. The first kappa shape index (κ1) is 21.9. The van der Waals surface area contributed by atoms with Gasteiger partial charge in [-0.05, 0) is 61.7 Å². The van der Waals surface area contributed by atoms with Gasteiger partial charge in [-0.1, -0.05) is 41.4 Å². The first-order valence-corrected chi connectivity index (χ1v) is 10.1. The third-order valence-electron chi connectivity index (χ3n) is 4.30. The van der Waals surface area contributed by atoms with Crippen molar-refractivity contribution in [1.82, 2.24) is 15.2 Å². The number of amides is 1. The largest absolute Gasteiger partial charge is 0.484 e. The first-order valence-electron chi connectivity index (χ1n) is 9.32. The van der Waals surface area contributed by atoms with Crippen molar-refractivity contribution in [2.45, 2.75) is 27.3 Å². The lowest BCUT2D eigenvalue weighted by atomic mass is 10.1. The molecule has 0 radical (unpaired) electrons. The van der Waals surface area contributed by atoms with E-state index in [-0.39, 0.29) is 12.5 Å². The van der Waals surface area contributed by atoms with Crippen molar-refractivity contribution in [2.75, 3.05) is 6.61 Å². The molecule has 1 amide bonds. The molecule has 1 N–H and O–H groups in total. The fourth-order valence-electron chi connectivity index (χ4n) is 2.95. The maximum Gasteiger partial charge on any atom is 0.277 e. The van der Waals surface area contributed by atoms with Crippen LogP contribution in [0.5, 0.6) is 5.75 Å². The lowest BCUT2D eigenvalue weighted by Crippen LogP contribution is -2.24. The Balaban J connectivity index is 1.58. The highest BCUT2D eigenvalue weighted by Gasteiger charge is 2.12. The number of ether oxygens (including phenoxy) is 1. The van der Waals surface area contributed by atoms with Gasteiger partial charge in [-0.3, -0.25) is 4.79 Å². The molecule has 8 heteroatoms. The molecule has 0 atom stereocenters. The SMILES string of the molecule is Cc1cc(C)cc(OCC(=O)NN=Cc2c(C)nn(Cc3ccc(Cl)cc3)c2Cl)c1. The summed E-state index contributed by atoms with van der Waals surface area (Å²) < 4.78 is 7.19. The smallest absolute Gasteiger partial charge is 0.277 e. The molecule has 0 saturated heterocycles. The van der Waals surface area contributed by atoms with Crippen LogP contribution in [0.4, 0.5) is 0 Å². The maximum atomic E-state index is 12.0. The van der Waals surface area contributed by atoms with Gasteiger partial charge in [0.15, 0.2) is 6.61 Å². The number of carbonyl (C=O) groups is 1. The van der Waals surface area contributed by atoms with Gasteiger partial charge in [-0.25, -0.2) is 10.1 Å². The zero-order chi connectivity index (χ0) is 21.7. The lowest BCUT2D eigenvalue weighted by molar-refractivity contribution is -0.123. The number of hydrogen-bond donors (Lipinski definition) is 1. The number of nitrogens with zero attached hydrogens (tertiary/aromatic N) is 3. The van der Waals surface area contributed by atoms with E-state index in [4.69, 9.17) is 27.9 Å². The topological polar surface area (TPSA) is 68.5 Å². The summed E-state index contributed by atoms with van der Waals surface area (Å²) in [5.74, 6) is 0.279. The predicted molar refractivity (Wildman–Crippen MR) is 120 cm³/mol. The Bertz CT molecular complexity index is 1060. The third-order valence-corrected chi connectivity index (χ3v) is 4.95. The highest BCUT2D eigenvalue weighted by Crippen LogP contribution is 2.20. The van der Waals surface area contributed by atoms with Gasteiger partial charge in [0.1, 0.15) is 10.9 Å². The zero-order valence-electron chi connectivity index (χ0n) is 16.9. The molecule has 0 bridgehead atoms. The second-order valence-electron chi connectivity index (χ2n) is 6.98. The van der Waals surface area contributed by atoms with Crippen LogP contribution in [-0.2, 0) is 11.3 Å². The molecule has 3 aromatic rings. The van der Waals surface area contributed by atoms with Crippen molar-refractivity contribution in [1.29, 1.82) is 0 Å². The summed E-state index contributed by atoms with van der Waals surface area (Å²) >= 11 is 12.4. The van der Waals surface area contributed by atoms with Crippen LogP contribution >= 0.6 is 23.2 Å². The van der Waals surface area contributed by atoms with E-state index in [0.717, 1.165) is 16.7 Å². The molecule has 0 aliphatic carbocycles. The quantitative estimate of drug-likeness (QED) is 0.424. The van der Waals surface area contributed by atoms with Gasteiger partial charge >= 0.3 is 0 Å². The van der Waals surface area contributed by atoms with Gasteiger partial charge in [-0.2, -0.15) is 10.2 Å². The van der Waals surface area contributed by atoms with E-state index < -0.39 is 0 Å². The van der Waals surface area contributed by atoms with Crippen molar-refractivity contribution >= 4 is 35.3 Å². The number of carbonyl (C=O) groups excluding carboxylic acids is 1. The number of aromatic nitrogens is 2. The lowest BCUT2D eigenvalue weighted by Gasteiger charge is -2.07. The van der Waals surface area contributed by atoms with E-state index in [1.165, 1.54) is 6.21 Å². The average Bonchev–Trinajstić information content (AvgIpc) is 2.95. The monoisotopic (exact) mass is 444 g/mol. The minimum atomic E-state index is -0.368. The summed E-state index contributed by atoms with van der Waals surface area (Å²) in [4.78, 5) is 12.0. The number of benzene rings is 2. The molecule has 0 fully saturated rings. The molecule has 0 saturated carbocycles. The predicted octanol–water partition coefficient (Wildman–Crippen LogP) is 4.69. The van der Waals surface area contributed by atoms with Gasteiger partial charge in [0.2, 0.25) is 0 Å². The normalized spacial score (nSPS) is 11.1. The van der Waals surface area contributed by atoms with Crippen molar-refractivity contribution in [3.8, 4) is 5.75 Å². The van der Waals surface area contributed by atoms with Crippen LogP contribution < -0.4 is 10.2 Å². The summed E-state index contributed by atoms with van der Waals surface area (Å²) in [5.41, 5.74) is 6.96. The summed E-state index contributed by atoms with van der Waals surface area (Å²) in [6.07, 6.45) is 1.48. The maximum absolute atomic E-state index is 12.0. The summed E-state index contributed by atoms with van der Waals surface area (Å²) in [7, 11) is 0. The number of aryl methyl sites for hydroxylation is 3. The highest BCUT2D eigenvalue weighted by atomic mass is 35.5. The number of rotatable bonds is 7. The molecule has 3 rings (SSSR count). The second-order valence-corrected chi connectivity index (χ2v) is 7.77. The van der Waals surface area contributed by atoms with E-state index in [1.807, 2.05) is 63.2 Å². The standard InChI is InChI=1S/C22H22Cl2N4O2/c1-14-8-15(2)10-19(9-14)30-13-21(29)26-25-11-20-16(3)27-28(22(20)24)12-17-4-6-18(23)7-5-17/h4-11H,12-13H2,1-3H3,(H,26,29). The van der Waals surface area contributed by atoms with Gasteiger partial charge < -0.3 is 4.74 Å². The van der Waals surface area contributed by atoms with Gasteiger partial charge in [0.25, 0.3) is 5.91 Å². The molecule has 0 spiro atoms. The molecule has 6 nitrogen and oxygen atoms in total. The molecular weight excluding hydrogens is 423 g/mol. The zero-order valence-corrected chi connectivity index (χ0v) is 18.5. The molecule has 1 heterocycles. The summed E-state index contributed by atoms with van der Waals surface area (Å²) in [5, 5.41) is 9.53. The summed E-state index contributed by atoms with van der Waals surface area (Å²) in [6, 6.07) is 13.3. The van der Waals surface area contributed by atoms with Crippen LogP contribution in [0.2, 0.25) is 10.2 Å². The Morgan fingerprint density at radius 2 is 1.80 bits per heavy atom. The number of nitrogens with one attached hydrogen (secondary N) is 1. The molecule has 2 aromatic carbocycles. The Morgan fingerprint density at radius 1 is 1.13 bits per heavy atom. The summed E-state index contributed by atoms with van der Waals surface area (Å²) in [6.45, 7) is 6.15. The number of halogens is 2. The van der Waals surface area contributed by atoms with Crippen LogP contribution in [0.1, 0.15) is 27.9 Å². The van der Waals surface area contributed by atoms with Crippen molar-refractivity contribution in [3.05, 3.63) is 80.6 Å². The van der Waals surface area contributed by atoms with Gasteiger partial charge in [0, 0.05) is 5.02 Å². The molecule has 0 aliphatic rings. The van der Waals surface area contributed by atoms with E-state index in [1.54, 1.807) is 4.68 Å². The molecule has 1 aromatic heterocycles. The Labute approximate surface area is 185 Å². The van der Waals surface area contributed by atoms with Gasteiger partial charge in [0.05, 0.1) is 24.0 Å². The van der Waals surface area contributed by atoms with Crippen LogP contribution in [0.15, 0.2) is 47.6 Å². The molecule has 0 unspecified atom stereocenters. The Hall–Kier alpha value is -2.83. The highest BCUT2D eigenvalue weighted by molar-refractivity contribution is 6.32. The van der Waals surface area contributed by atoms with Crippen LogP contribution in [0.3, 0.4) is 0 Å². The second kappa shape index (κ2) is 9.78. The van der Waals surface area contributed by atoms with E-state index in [9.17, 15) is 4.79 Å². The van der Waals surface area contributed by atoms with E-state index >= 15 is 0 Å². The van der Waals surface area contributed by atoms with Crippen LogP contribution in [-0.4, -0.2) is 28.5 Å². The fourth-order valence-corrected chi connectivity index (χ4v) is 3.36. The van der Waals surface area contributed by atoms with Crippen molar-refractivity contribution in [3.63, 3.8) is 0 Å². The molecule has 30 heavy (non-hydrogen) atoms. The Morgan fingerprint density at radius 3 is 2.47 bits per heavy atom. The third kappa shape index (κ3) is 5.84. The molecule has 156 valence electrons. The number of hydrogen-bond acceptors (Lipinski definition) is 4. The first-order chi connectivity index (χ1) is 14.3. The molecular formula is C22H22Cl2N4O2. The van der Waals surface area contributed by atoms with E-state index in [0.29, 0.717) is 33.7 Å². The minimum Gasteiger partial charge on any atom is -0.484 e. The van der Waals surface area contributed by atoms with E-state index in [2.05, 4.69) is 15.6 Å². The van der Waals surface area contributed by atoms with Crippen molar-refractivity contribution in [2.24, 2.45) is 5.10 Å². The van der Waals surface area contributed by atoms with Crippen molar-refractivity contribution < 1.29 is 9.53 Å². The Kier molecular flexibility index (Phi) is 7.13. The average molecular weight is 445 g/mol. The van der Waals surface area contributed by atoms with Crippen LogP contribution in [0.25, 0.3) is 0 Å². The minimum absolute atomic E-state index is 0.136. The van der Waals surface area contributed by atoms with Crippen LogP contribution in [0, 0.1) is 20.8 Å².